The minimum Gasteiger partial charge on any atom is -0.370 e. The summed E-state index contributed by atoms with van der Waals surface area (Å²) in [6.07, 6.45) is 2.83. The smallest absolute Gasteiger partial charge is 0.134 e. The summed E-state index contributed by atoms with van der Waals surface area (Å²) in [5.41, 5.74) is 1.52. The van der Waals surface area contributed by atoms with Gasteiger partial charge in [-0.2, -0.15) is 0 Å². The van der Waals surface area contributed by atoms with E-state index in [0.717, 1.165) is 23.7 Å². The molecule has 1 aromatic rings. The molecule has 1 fully saturated rings. The number of rotatable bonds is 4. The quantitative estimate of drug-likeness (QED) is 0.818. The van der Waals surface area contributed by atoms with E-state index in [2.05, 4.69) is 48.3 Å². The van der Waals surface area contributed by atoms with Gasteiger partial charge in [0.25, 0.3) is 0 Å². The Labute approximate surface area is 96.9 Å². The van der Waals surface area contributed by atoms with Crippen LogP contribution in [0, 0.1) is 12.3 Å². The molecule has 1 aliphatic rings. The molecule has 16 heavy (non-hydrogen) atoms. The number of hydrogen-bond acceptors (Lipinski definition) is 4. The third kappa shape index (κ3) is 2.10. The zero-order chi connectivity index (χ0) is 11.8. The molecule has 0 aromatic carbocycles. The van der Waals surface area contributed by atoms with Crippen LogP contribution in [0.3, 0.4) is 0 Å². The molecule has 1 heterocycles. The fourth-order valence-electron chi connectivity index (χ4n) is 1.82. The average Bonchev–Trinajstić information content (AvgIpc) is 2.81. The molecule has 1 aromatic heterocycles. The number of aromatic nitrogens is 2. The molecule has 0 spiro atoms. The van der Waals surface area contributed by atoms with Crippen LogP contribution in [0.4, 0.5) is 11.6 Å². The van der Waals surface area contributed by atoms with Crippen LogP contribution in [-0.4, -0.2) is 22.6 Å². The Bertz CT molecular complexity index is 387. The van der Waals surface area contributed by atoms with E-state index in [1.54, 1.807) is 6.33 Å². The van der Waals surface area contributed by atoms with E-state index < -0.39 is 0 Å². The van der Waals surface area contributed by atoms with Crippen LogP contribution >= 0.6 is 0 Å². The lowest BCUT2D eigenvalue weighted by molar-refractivity contribution is 0.629. The van der Waals surface area contributed by atoms with Gasteiger partial charge in [-0.25, -0.2) is 9.97 Å². The normalized spacial score (nSPS) is 21.6. The largest absolute Gasteiger partial charge is 0.370 e. The van der Waals surface area contributed by atoms with Crippen LogP contribution in [0.2, 0.25) is 0 Å². The van der Waals surface area contributed by atoms with Crippen molar-refractivity contribution in [1.29, 1.82) is 0 Å². The topological polar surface area (TPSA) is 49.8 Å². The fourth-order valence-corrected chi connectivity index (χ4v) is 1.82. The number of nitrogens with zero attached hydrogens (tertiary/aromatic N) is 2. The molecule has 0 radical (unpaired) electrons. The van der Waals surface area contributed by atoms with Gasteiger partial charge in [0.15, 0.2) is 0 Å². The Balaban J connectivity index is 2.12. The van der Waals surface area contributed by atoms with Gasteiger partial charge in [-0.05, 0) is 25.7 Å². The summed E-state index contributed by atoms with van der Waals surface area (Å²) in [5, 5.41) is 6.72. The lowest BCUT2D eigenvalue weighted by Gasteiger charge is -2.12. The van der Waals surface area contributed by atoms with Gasteiger partial charge in [0, 0.05) is 18.2 Å². The molecule has 4 heteroatoms. The molecular formula is C12H20N4. The second kappa shape index (κ2) is 3.92. The maximum absolute atomic E-state index is 4.30. The Hall–Kier alpha value is -1.32. The van der Waals surface area contributed by atoms with Gasteiger partial charge >= 0.3 is 0 Å². The Morgan fingerprint density at radius 3 is 2.56 bits per heavy atom. The van der Waals surface area contributed by atoms with Crippen LogP contribution in [-0.2, 0) is 0 Å². The van der Waals surface area contributed by atoms with Crippen molar-refractivity contribution in [3.05, 3.63) is 11.9 Å². The van der Waals surface area contributed by atoms with Crippen molar-refractivity contribution in [2.45, 2.75) is 40.2 Å². The van der Waals surface area contributed by atoms with Crippen molar-refractivity contribution >= 4 is 11.6 Å². The third-order valence-electron chi connectivity index (χ3n) is 3.25. The Morgan fingerprint density at radius 2 is 2.00 bits per heavy atom. The molecule has 1 atom stereocenters. The highest BCUT2D eigenvalue weighted by molar-refractivity contribution is 5.57. The molecule has 2 N–H and O–H groups in total. The molecule has 0 aliphatic heterocycles. The summed E-state index contributed by atoms with van der Waals surface area (Å²) in [6.45, 7) is 9.54. The molecule has 0 amide bonds. The molecule has 2 rings (SSSR count). The van der Waals surface area contributed by atoms with Crippen molar-refractivity contribution in [2.24, 2.45) is 5.41 Å². The SMILES string of the molecule is CCNc1ncnc(NC2CC2(C)C)c1C. The lowest BCUT2D eigenvalue weighted by Crippen LogP contribution is -2.12. The number of nitrogens with one attached hydrogen (secondary N) is 2. The second-order valence-electron chi connectivity index (χ2n) is 5.12. The maximum Gasteiger partial charge on any atom is 0.134 e. The van der Waals surface area contributed by atoms with E-state index in [-0.39, 0.29) is 0 Å². The number of hydrogen-bond donors (Lipinski definition) is 2. The van der Waals surface area contributed by atoms with Gasteiger partial charge in [0.05, 0.1) is 0 Å². The van der Waals surface area contributed by atoms with E-state index in [9.17, 15) is 0 Å². The highest BCUT2D eigenvalue weighted by Crippen LogP contribution is 2.46. The standard InChI is InChI=1S/C12H20N4/c1-5-13-10-8(2)11(15-7-14-10)16-9-6-12(9,3)4/h7,9H,5-6H2,1-4H3,(H2,13,14,15,16). The number of anilines is 2. The van der Waals surface area contributed by atoms with Gasteiger partial charge in [-0.15, -0.1) is 0 Å². The van der Waals surface area contributed by atoms with Gasteiger partial charge in [0.1, 0.15) is 18.0 Å². The summed E-state index contributed by atoms with van der Waals surface area (Å²) >= 11 is 0. The highest BCUT2D eigenvalue weighted by atomic mass is 15.1. The van der Waals surface area contributed by atoms with Crippen LogP contribution in [0.15, 0.2) is 6.33 Å². The van der Waals surface area contributed by atoms with Gasteiger partial charge in [-0.1, -0.05) is 13.8 Å². The predicted molar refractivity (Wildman–Crippen MR) is 66.7 cm³/mol. The summed E-state index contributed by atoms with van der Waals surface area (Å²) in [4.78, 5) is 8.54. The van der Waals surface area contributed by atoms with E-state index >= 15 is 0 Å². The van der Waals surface area contributed by atoms with E-state index in [1.807, 2.05) is 0 Å². The van der Waals surface area contributed by atoms with Crippen molar-refractivity contribution in [3.63, 3.8) is 0 Å². The van der Waals surface area contributed by atoms with Crippen molar-refractivity contribution in [2.75, 3.05) is 17.2 Å². The molecule has 0 saturated heterocycles. The highest BCUT2D eigenvalue weighted by Gasteiger charge is 2.46. The Morgan fingerprint density at radius 1 is 1.38 bits per heavy atom. The van der Waals surface area contributed by atoms with Crippen LogP contribution < -0.4 is 10.6 Å². The Kier molecular flexibility index (Phi) is 2.74. The van der Waals surface area contributed by atoms with Gasteiger partial charge < -0.3 is 10.6 Å². The summed E-state index contributed by atoms with van der Waals surface area (Å²) in [5.74, 6) is 1.89. The molecule has 1 aliphatic carbocycles. The van der Waals surface area contributed by atoms with Crippen LogP contribution in [0.25, 0.3) is 0 Å². The fraction of sp³-hybridized carbons (Fsp3) is 0.667. The van der Waals surface area contributed by atoms with Gasteiger partial charge in [-0.3, -0.25) is 0 Å². The van der Waals surface area contributed by atoms with Crippen LogP contribution in [0.1, 0.15) is 32.8 Å². The summed E-state index contributed by atoms with van der Waals surface area (Å²) in [6, 6.07) is 0.551. The zero-order valence-electron chi connectivity index (χ0n) is 10.5. The van der Waals surface area contributed by atoms with Crippen molar-refractivity contribution in [3.8, 4) is 0 Å². The molecule has 0 bridgehead atoms. The van der Waals surface area contributed by atoms with Gasteiger partial charge in [0.2, 0.25) is 0 Å². The molecule has 1 saturated carbocycles. The first kappa shape index (κ1) is 11.2. The predicted octanol–water partition coefficient (Wildman–Crippen LogP) is 2.43. The minimum absolute atomic E-state index is 0.412. The average molecular weight is 220 g/mol. The van der Waals surface area contributed by atoms with Crippen molar-refractivity contribution in [1.82, 2.24) is 9.97 Å². The summed E-state index contributed by atoms with van der Waals surface area (Å²) < 4.78 is 0. The molecule has 1 unspecified atom stereocenters. The minimum atomic E-state index is 0.412. The first-order chi connectivity index (χ1) is 7.54. The first-order valence-corrected chi connectivity index (χ1v) is 5.86. The monoisotopic (exact) mass is 220 g/mol. The maximum atomic E-state index is 4.30. The third-order valence-corrected chi connectivity index (χ3v) is 3.25. The molecular weight excluding hydrogens is 200 g/mol. The van der Waals surface area contributed by atoms with E-state index in [4.69, 9.17) is 0 Å². The van der Waals surface area contributed by atoms with E-state index in [1.165, 1.54) is 6.42 Å². The second-order valence-corrected chi connectivity index (χ2v) is 5.12. The molecule has 4 nitrogen and oxygen atoms in total. The van der Waals surface area contributed by atoms with Crippen LogP contribution in [0.5, 0.6) is 0 Å². The van der Waals surface area contributed by atoms with E-state index in [0.29, 0.717) is 11.5 Å². The zero-order valence-corrected chi connectivity index (χ0v) is 10.5. The lowest BCUT2D eigenvalue weighted by atomic mass is 10.2. The summed E-state index contributed by atoms with van der Waals surface area (Å²) in [7, 11) is 0. The van der Waals surface area contributed by atoms with Crippen molar-refractivity contribution < 1.29 is 0 Å². The first-order valence-electron chi connectivity index (χ1n) is 5.86. The molecule has 88 valence electrons.